The zero-order chi connectivity index (χ0) is 19.5. The van der Waals surface area contributed by atoms with Crippen LogP contribution in [0.2, 0.25) is 5.02 Å². The highest BCUT2D eigenvalue weighted by molar-refractivity contribution is 9.11. The van der Waals surface area contributed by atoms with Crippen LogP contribution in [0.5, 0.6) is 0 Å². The Morgan fingerprint density at radius 1 is 0.893 bits per heavy atom. The number of rotatable bonds is 4. The molecule has 1 atom stereocenters. The zero-order valence-corrected chi connectivity index (χ0v) is 18.4. The second kappa shape index (κ2) is 8.78. The SMILES string of the molecule is O=C(c1ccc(Br)s1)N1CCN(C(c2ccccc2)c2ccc(Cl)cc2)CC1. The van der Waals surface area contributed by atoms with E-state index in [4.69, 9.17) is 11.6 Å². The average molecular weight is 476 g/mol. The second-order valence-corrected chi connectivity index (χ2v) is 9.70. The molecule has 1 unspecified atom stereocenters. The summed E-state index contributed by atoms with van der Waals surface area (Å²) in [7, 11) is 0. The van der Waals surface area contributed by atoms with Crippen LogP contribution in [0.1, 0.15) is 26.8 Å². The molecule has 1 aliphatic heterocycles. The van der Waals surface area contributed by atoms with Crippen LogP contribution in [0.3, 0.4) is 0 Å². The monoisotopic (exact) mass is 474 g/mol. The highest BCUT2D eigenvalue weighted by Gasteiger charge is 2.29. The van der Waals surface area contributed by atoms with Crippen LogP contribution in [-0.2, 0) is 0 Å². The van der Waals surface area contributed by atoms with Crippen molar-refractivity contribution in [2.24, 2.45) is 0 Å². The number of carbonyl (C=O) groups excluding carboxylic acids is 1. The van der Waals surface area contributed by atoms with Gasteiger partial charge >= 0.3 is 0 Å². The number of amides is 1. The van der Waals surface area contributed by atoms with Crippen molar-refractivity contribution < 1.29 is 4.79 Å². The van der Waals surface area contributed by atoms with Crippen molar-refractivity contribution in [2.45, 2.75) is 6.04 Å². The molecule has 0 spiro atoms. The Labute approximate surface area is 182 Å². The van der Waals surface area contributed by atoms with E-state index < -0.39 is 0 Å². The van der Waals surface area contributed by atoms with E-state index in [-0.39, 0.29) is 11.9 Å². The molecule has 1 fully saturated rings. The third kappa shape index (κ3) is 4.33. The summed E-state index contributed by atoms with van der Waals surface area (Å²) in [5, 5.41) is 0.744. The Bertz CT molecular complexity index is 937. The first-order valence-electron chi connectivity index (χ1n) is 9.21. The van der Waals surface area contributed by atoms with Gasteiger partial charge in [-0.3, -0.25) is 9.69 Å². The summed E-state index contributed by atoms with van der Waals surface area (Å²) in [6, 6.07) is 22.6. The van der Waals surface area contributed by atoms with E-state index in [0.29, 0.717) is 0 Å². The first-order chi connectivity index (χ1) is 13.6. The van der Waals surface area contributed by atoms with Crippen molar-refractivity contribution in [1.29, 1.82) is 0 Å². The summed E-state index contributed by atoms with van der Waals surface area (Å²) >= 11 is 11.0. The summed E-state index contributed by atoms with van der Waals surface area (Å²) in [4.78, 5) is 17.9. The minimum atomic E-state index is 0.123. The molecule has 0 radical (unpaired) electrons. The van der Waals surface area contributed by atoms with Crippen LogP contribution in [0.15, 0.2) is 70.5 Å². The molecule has 0 bridgehead atoms. The lowest BCUT2D eigenvalue weighted by Crippen LogP contribution is -2.49. The summed E-state index contributed by atoms with van der Waals surface area (Å²) in [5.74, 6) is 0.123. The molecule has 1 aliphatic rings. The maximum absolute atomic E-state index is 12.7. The Kier molecular flexibility index (Phi) is 6.16. The van der Waals surface area contributed by atoms with Crippen LogP contribution in [0.4, 0.5) is 0 Å². The molecule has 0 aliphatic carbocycles. The molecule has 3 aromatic rings. The quantitative estimate of drug-likeness (QED) is 0.482. The van der Waals surface area contributed by atoms with Crippen molar-refractivity contribution in [3.05, 3.63) is 91.5 Å². The molecular formula is C22H20BrClN2OS. The number of piperazine rings is 1. The number of hydrogen-bond acceptors (Lipinski definition) is 3. The molecule has 4 rings (SSSR count). The van der Waals surface area contributed by atoms with Gasteiger partial charge in [0.15, 0.2) is 0 Å². The predicted molar refractivity (Wildman–Crippen MR) is 119 cm³/mol. The fourth-order valence-electron chi connectivity index (χ4n) is 3.66. The highest BCUT2D eigenvalue weighted by Crippen LogP contribution is 2.31. The molecule has 144 valence electrons. The van der Waals surface area contributed by atoms with Crippen molar-refractivity contribution >= 4 is 44.8 Å². The fourth-order valence-corrected chi connectivity index (χ4v) is 5.14. The lowest BCUT2D eigenvalue weighted by molar-refractivity contribution is 0.0602. The van der Waals surface area contributed by atoms with E-state index in [1.54, 1.807) is 0 Å². The first kappa shape index (κ1) is 19.6. The lowest BCUT2D eigenvalue weighted by Gasteiger charge is -2.39. The Hall–Kier alpha value is -1.66. The molecule has 3 nitrogen and oxygen atoms in total. The molecule has 0 saturated carbocycles. The highest BCUT2D eigenvalue weighted by atomic mass is 79.9. The smallest absolute Gasteiger partial charge is 0.264 e. The van der Waals surface area contributed by atoms with E-state index >= 15 is 0 Å². The van der Waals surface area contributed by atoms with Crippen molar-refractivity contribution in [2.75, 3.05) is 26.2 Å². The van der Waals surface area contributed by atoms with Gasteiger partial charge in [-0.1, -0.05) is 54.1 Å². The van der Waals surface area contributed by atoms with E-state index in [1.807, 2.05) is 35.2 Å². The molecule has 6 heteroatoms. The maximum Gasteiger partial charge on any atom is 0.264 e. The number of hydrogen-bond donors (Lipinski definition) is 0. The standard InChI is InChI=1S/C22H20BrClN2OS/c23-20-11-10-19(28-20)22(27)26-14-12-25(13-15-26)21(16-4-2-1-3-5-16)17-6-8-18(24)9-7-17/h1-11,21H,12-15H2. The number of nitrogens with zero attached hydrogens (tertiary/aromatic N) is 2. The molecular weight excluding hydrogens is 456 g/mol. The van der Waals surface area contributed by atoms with Crippen molar-refractivity contribution in [3.63, 3.8) is 0 Å². The summed E-state index contributed by atoms with van der Waals surface area (Å²) in [6.45, 7) is 3.12. The van der Waals surface area contributed by atoms with Gasteiger partial charge in [0.2, 0.25) is 0 Å². The van der Waals surface area contributed by atoms with E-state index in [9.17, 15) is 4.79 Å². The average Bonchev–Trinajstić information content (AvgIpc) is 3.17. The van der Waals surface area contributed by atoms with Gasteiger partial charge < -0.3 is 4.90 Å². The zero-order valence-electron chi connectivity index (χ0n) is 15.2. The third-order valence-corrected chi connectivity index (χ3v) is 6.92. The van der Waals surface area contributed by atoms with Crippen LogP contribution in [0, 0.1) is 0 Å². The van der Waals surface area contributed by atoms with Gasteiger partial charge in [0, 0.05) is 31.2 Å². The normalized spacial score (nSPS) is 16.1. The molecule has 1 saturated heterocycles. The minimum Gasteiger partial charge on any atom is -0.335 e. The first-order valence-corrected chi connectivity index (χ1v) is 11.2. The molecule has 28 heavy (non-hydrogen) atoms. The Morgan fingerprint density at radius 3 is 2.14 bits per heavy atom. The molecule has 0 N–H and O–H groups in total. The van der Waals surface area contributed by atoms with Gasteiger partial charge in [0.05, 0.1) is 14.7 Å². The molecule has 1 amide bonds. The summed E-state index contributed by atoms with van der Waals surface area (Å²) in [6.07, 6.45) is 0. The molecule has 2 heterocycles. The number of halogens is 2. The summed E-state index contributed by atoms with van der Waals surface area (Å²) in [5.41, 5.74) is 2.48. The second-order valence-electron chi connectivity index (χ2n) is 6.80. The van der Waals surface area contributed by atoms with Crippen molar-refractivity contribution in [1.82, 2.24) is 9.80 Å². The Morgan fingerprint density at radius 2 is 1.54 bits per heavy atom. The number of carbonyl (C=O) groups is 1. The van der Waals surface area contributed by atoms with Crippen LogP contribution >= 0.6 is 38.9 Å². The van der Waals surface area contributed by atoms with Gasteiger partial charge in [-0.25, -0.2) is 0 Å². The Balaban J connectivity index is 1.52. The van der Waals surface area contributed by atoms with Gasteiger partial charge in [0.25, 0.3) is 5.91 Å². The topological polar surface area (TPSA) is 23.6 Å². The van der Waals surface area contributed by atoms with Crippen LogP contribution < -0.4 is 0 Å². The lowest BCUT2D eigenvalue weighted by atomic mass is 9.96. The van der Waals surface area contributed by atoms with Crippen molar-refractivity contribution in [3.8, 4) is 0 Å². The van der Waals surface area contributed by atoms with Gasteiger partial charge in [-0.2, -0.15) is 0 Å². The van der Waals surface area contributed by atoms with E-state index in [1.165, 1.54) is 22.5 Å². The van der Waals surface area contributed by atoms with Crippen LogP contribution in [0.25, 0.3) is 0 Å². The molecule has 1 aromatic heterocycles. The maximum atomic E-state index is 12.7. The van der Waals surface area contributed by atoms with Gasteiger partial charge in [0.1, 0.15) is 0 Å². The number of benzene rings is 2. The van der Waals surface area contributed by atoms with Crippen LogP contribution in [-0.4, -0.2) is 41.9 Å². The molecule has 2 aromatic carbocycles. The predicted octanol–water partition coefficient (Wildman–Crippen LogP) is 5.71. The van der Waals surface area contributed by atoms with Gasteiger partial charge in [-0.05, 0) is 51.3 Å². The number of thiophene rings is 1. The third-order valence-electron chi connectivity index (χ3n) is 5.05. The largest absolute Gasteiger partial charge is 0.335 e. The van der Waals surface area contributed by atoms with Gasteiger partial charge in [-0.15, -0.1) is 11.3 Å². The van der Waals surface area contributed by atoms with E-state index in [0.717, 1.165) is 39.9 Å². The minimum absolute atomic E-state index is 0.123. The van der Waals surface area contributed by atoms with E-state index in [2.05, 4.69) is 57.2 Å². The fraction of sp³-hybridized carbons (Fsp3) is 0.227. The summed E-state index contributed by atoms with van der Waals surface area (Å²) < 4.78 is 0.987.